The molecule has 0 aromatic heterocycles. The van der Waals surface area contributed by atoms with E-state index < -0.39 is 0 Å². The molecule has 1 atom stereocenters. The average Bonchev–Trinajstić information content (AvgIpc) is 2.84. The van der Waals surface area contributed by atoms with Crippen molar-refractivity contribution in [2.45, 2.75) is 32.6 Å². The molecule has 5 heteroatoms. The second-order valence-corrected chi connectivity index (χ2v) is 4.47. The van der Waals surface area contributed by atoms with Gasteiger partial charge in [-0.3, -0.25) is 9.59 Å². The minimum Gasteiger partial charge on any atom is -0.355 e. The third-order valence-corrected chi connectivity index (χ3v) is 3.24. The summed E-state index contributed by atoms with van der Waals surface area (Å²) in [6, 6.07) is 0. The SMILES string of the molecule is CCC(CN)C(=O)NCCC(=O)N1CCCC1. The third-order valence-electron chi connectivity index (χ3n) is 3.24. The number of nitrogens with zero attached hydrogens (tertiary/aromatic N) is 1. The summed E-state index contributed by atoms with van der Waals surface area (Å²) in [5, 5.41) is 2.77. The fraction of sp³-hybridized carbons (Fsp3) is 0.833. The van der Waals surface area contributed by atoms with Crippen LogP contribution >= 0.6 is 0 Å². The monoisotopic (exact) mass is 241 g/mol. The van der Waals surface area contributed by atoms with Crippen molar-refractivity contribution in [2.75, 3.05) is 26.2 Å². The van der Waals surface area contributed by atoms with Crippen LogP contribution in [0.5, 0.6) is 0 Å². The van der Waals surface area contributed by atoms with E-state index in [2.05, 4.69) is 5.32 Å². The molecular weight excluding hydrogens is 218 g/mol. The first kappa shape index (κ1) is 14.0. The zero-order valence-electron chi connectivity index (χ0n) is 10.6. The lowest BCUT2D eigenvalue weighted by atomic mass is 10.1. The molecule has 17 heavy (non-hydrogen) atoms. The molecule has 3 N–H and O–H groups in total. The van der Waals surface area contributed by atoms with E-state index in [9.17, 15) is 9.59 Å². The number of carbonyl (C=O) groups is 2. The van der Waals surface area contributed by atoms with Crippen molar-refractivity contribution in [1.29, 1.82) is 0 Å². The van der Waals surface area contributed by atoms with Crippen LogP contribution in [0.2, 0.25) is 0 Å². The summed E-state index contributed by atoms with van der Waals surface area (Å²) in [6.07, 6.45) is 3.33. The third kappa shape index (κ3) is 4.34. The van der Waals surface area contributed by atoms with Crippen molar-refractivity contribution < 1.29 is 9.59 Å². The van der Waals surface area contributed by atoms with Crippen LogP contribution in [0.15, 0.2) is 0 Å². The maximum Gasteiger partial charge on any atom is 0.224 e. The van der Waals surface area contributed by atoms with Crippen molar-refractivity contribution in [3.05, 3.63) is 0 Å². The molecule has 0 aromatic carbocycles. The maximum atomic E-state index is 11.7. The lowest BCUT2D eigenvalue weighted by Crippen LogP contribution is -2.37. The number of rotatable bonds is 6. The van der Waals surface area contributed by atoms with Gasteiger partial charge in [-0.1, -0.05) is 6.92 Å². The highest BCUT2D eigenvalue weighted by Crippen LogP contribution is 2.08. The number of hydrogen-bond acceptors (Lipinski definition) is 3. The number of carbonyl (C=O) groups excluding carboxylic acids is 2. The van der Waals surface area contributed by atoms with Gasteiger partial charge in [-0.25, -0.2) is 0 Å². The second-order valence-electron chi connectivity index (χ2n) is 4.47. The van der Waals surface area contributed by atoms with Gasteiger partial charge in [-0.05, 0) is 19.3 Å². The van der Waals surface area contributed by atoms with Crippen LogP contribution in [0.1, 0.15) is 32.6 Å². The molecule has 0 radical (unpaired) electrons. The van der Waals surface area contributed by atoms with Gasteiger partial charge in [0, 0.05) is 38.5 Å². The Hall–Kier alpha value is -1.10. The fourth-order valence-electron chi connectivity index (χ4n) is 2.02. The minimum atomic E-state index is -0.128. The topological polar surface area (TPSA) is 75.4 Å². The lowest BCUT2D eigenvalue weighted by molar-refractivity contribution is -0.130. The average molecular weight is 241 g/mol. The molecule has 2 amide bonds. The molecule has 1 aliphatic rings. The zero-order valence-corrected chi connectivity index (χ0v) is 10.6. The summed E-state index contributed by atoms with van der Waals surface area (Å²) >= 11 is 0. The number of nitrogens with two attached hydrogens (primary N) is 1. The molecule has 1 unspecified atom stereocenters. The van der Waals surface area contributed by atoms with Crippen molar-refractivity contribution in [3.63, 3.8) is 0 Å². The lowest BCUT2D eigenvalue weighted by Gasteiger charge is -2.16. The van der Waals surface area contributed by atoms with Crippen LogP contribution in [0.3, 0.4) is 0 Å². The van der Waals surface area contributed by atoms with E-state index in [1.807, 2.05) is 11.8 Å². The van der Waals surface area contributed by atoms with E-state index >= 15 is 0 Å². The van der Waals surface area contributed by atoms with Crippen LogP contribution < -0.4 is 11.1 Å². The predicted octanol–water partition coefficient (Wildman–Crippen LogP) is 0.100. The van der Waals surface area contributed by atoms with E-state index in [0.717, 1.165) is 32.4 Å². The first-order valence-corrected chi connectivity index (χ1v) is 6.44. The highest BCUT2D eigenvalue weighted by molar-refractivity contribution is 5.80. The van der Waals surface area contributed by atoms with Gasteiger partial charge in [0.25, 0.3) is 0 Å². The van der Waals surface area contributed by atoms with Crippen LogP contribution in [-0.2, 0) is 9.59 Å². The summed E-state index contributed by atoms with van der Waals surface area (Å²) in [4.78, 5) is 25.1. The van der Waals surface area contributed by atoms with E-state index in [0.29, 0.717) is 19.5 Å². The van der Waals surface area contributed by atoms with E-state index in [-0.39, 0.29) is 17.7 Å². The van der Waals surface area contributed by atoms with Gasteiger partial charge >= 0.3 is 0 Å². The normalized spacial score (nSPS) is 16.9. The first-order chi connectivity index (χ1) is 8.19. The van der Waals surface area contributed by atoms with Gasteiger partial charge in [0.2, 0.25) is 11.8 Å². The van der Waals surface area contributed by atoms with Crippen molar-refractivity contribution in [3.8, 4) is 0 Å². The highest BCUT2D eigenvalue weighted by Gasteiger charge is 2.18. The van der Waals surface area contributed by atoms with Crippen LogP contribution in [-0.4, -0.2) is 42.9 Å². The van der Waals surface area contributed by atoms with Crippen molar-refractivity contribution in [1.82, 2.24) is 10.2 Å². The number of likely N-dealkylation sites (tertiary alicyclic amines) is 1. The summed E-state index contributed by atoms with van der Waals surface area (Å²) in [5.74, 6) is -0.0234. The molecule has 98 valence electrons. The number of amides is 2. The molecule has 0 saturated carbocycles. The molecule has 1 fully saturated rings. The molecule has 5 nitrogen and oxygen atoms in total. The van der Waals surface area contributed by atoms with E-state index in [1.165, 1.54) is 0 Å². The predicted molar refractivity (Wildman–Crippen MR) is 66.3 cm³/mol. The van der Waals surface area contributed by atoms with Gasteiger partial charge in [-0.15, -0.1) is 0 Å². The molecule has 1 rings (SSSR count). The molecular formula is C12H23N3O2. The zero-order chi connectivity index (χ0) is 12.7. The quantitative estimate of drug-likeness (QED) is 0.692. The van der Waals surface area contributed by atoms with E-state index in [4.69, 9.17) is 5.73 Å². The Morgan fingerprint density at radius 3 is 2.53 bits per heavy atom. The van der Waals surface area contributed by atoms with Crippen LogP contribution in [0.4, 0.5) is 0 Å². The van der Waals surface area contributed by atoms with Crippen LogP contribution in [0.25, 0.3) is 0 Å². The second kappa shape index (κ2) is 7.27. The molecule has 1 aliphatic heterocycles. The summed E-state index contributed by atoms with van der Waals surface area (Å²) < 4.78 is 0. The van der Waals surface area contributed by atoms with Gasteiger partial charge in [0.15, 0.2) is 0 Å². The Labute approximate surface area is 103 Å². The maximum absolute atomic E-state index is 11.7. The summed E-state index contributed by atoms with van der Waals surface area (Å²) in [7, 11) is 0. The molecule has 1 saturated heterocycles. The number of hydrogen-bond donors (Lipinski definition) is 2. The Balaban J connectivity index is 2.18. The van der Waals surface area contributed by atoms with Gasteiger partial charge in [-0.2, -0.15) is 0 Å². The summed E-state index contributed by atoms with van der Waals surface area (Å²) in [5.41, 5.74) is 5.48. The molecule has 0 bridgehead atoms. The minimum absolute atomic E-state index is 0.0378. The van der Waals surface area contributed by atoms with Gasteiger partial charge in [0.1, 0.15) is 0 Å². The van der Waals surface area contributed by atoms with Gasteiger partial charge < -0.3 is 16.0 Å². The smallest absolute Gasteiger partial charge is 0.224 e. The highest BCUT2D eigenvalue weighted by atomic mass is 16.2. The van der Waals surface area contributed by atoms with Crippen molar-refractivity contribution >= 4 is 11.8 Å². The Bertz CT molecular complexity index is 244. The largest absolute Gasteiger partial charge is 0.355 e. The standard InChI is InChI=1S/C12H23N3O2/c1-2-10(9-13)12(17)14-6-5-11(16)15-7-3-4-8-15/h10H,2-9,13H2,1H3,(H,14,17). The Kier molecular flexibility index (Phi) is 5.97. The number of nitrogens with one attached hydrogen (secondary N) is 1. The van der Waals surface area contributed by atoms with E-state index in [1.54, 1.807) is 0 Å². The molecule has 0 aliphatic carbocycles. The first-order valence-electron chi connectivity index (χ1n) is 6.44. The Morgan fingerprint density at radius 1 is 1.35 bits per heavy atom. The van der Waals surface area contributed by atoms with Crippen molar-refractivity contribution in [2.24, 2.45) is 11.7 Å². The summed E-state index contributed by atoms with van der Waals surface area (Å²) in [6.45, 7) is 4.46. The molecule has 1 heterocycles. The van der Waals surface area contributed by atoms with Crippen LogP contribution in [0, 0.1) is 5.92 Å². The Morgan fingerprint density at radius 2 is 2.00 bits per heavy atom. The van der Waals surface area contributed by atoms with Gasteiger partial charge in [0.05, 0.1) is 0 Å². The molecule has 0 spiro atoms. The molecule has 0 aromatic rings. The fourth-order valence-corrected chi connectivity index (χ4v) is 2.02.